The van der Waals surface area contributed by atoms with Crippen LogP contribution in [0.2, 0.25) is 0 Å². The lowest BCUT2D eigenvalue weighted by Gasteiger charge is -2.40. The van der Waals surface area contributed by atoms with Crippen molar-refractivity contribution in [2.45, 2.75) is 103 Å². The monoisotopic (exact) mass is 462 g/mol. The van der Waals surface area contributed by atoms with Crippen molar-refractivity contribution in [2.24, 2.45) is 11.8 Å². The molecule has 3 rings (SSSR count). The van der Waals surface area contributed by atoms with Gasteiger partial charge in [0.25, 0.3) is 0 Å². The maximum absolute atomic E-state index is 10.7. The Bertz CT molecular complexity index is 885. The van der Waals surface area contributed by atoms with Gasteiger partial charge in [-0.3, -0.25) is 0 Å². The first-order valence-corrected chi connectivity index (χ1v) is 13.5. The highest BCUT2D eigenvalue weighted by molar-refractivity contribution is 5.43. The van der Waals surface area contributed by atoms with Crippen molar-refractivity contribution in [3.05, 3.63) is 77.9 Å². The minimum Gasteiger partial charge on any atom is -0.489 e. The van der Waals surface area contributed by atoms with E-state index in [0.717, 1.165) is 25.0 Å². The summed E-state index contributed by atoms with van der Waals surface area (Å²) in [4.78, 5) is 0. The Kier molecular flexibility index (Phi) is 9.83. The lowest BCUT2D eigenvalue weighted by atomic mass is 9.67. The molecule has 1 aliphatic rings. The van der Waals surface area contributed by atoms with Crippen molar-refractivity contribution in [3.63, 3.8) is 0 Å². The molecule has 1 saturated carbocycles. The molecule has 0 aliphatic heterocycles. The molecule has 0 heterocycles. The van der Waals surface area contributed by atoms with Crippen molar-refractivity contribution in [1.82, 2.24) is 0 Å². The second kappa shape index (κ2) is 12.6. The number of ether oxygens (including phenoxy) is 1. The maximum Gasteiger partial charge on any atom is 0.123 e. The molecule has 0 spiro atoms. The summed E-state index contributed by atoms with van der Waals surface area (Å²) in [5, 5.41) is 10.7. The Morgan fingerprint density at radius 2 is 1.82 bits per heavy atom. The fraction of sp³-hybridized carbons (Fsp3) is 0.562. The molecule has 0 radical (unpaired) electrons. The third-order valence-electron chi connectivity index (χ3n) is 7.94. The average molecular weight is 463 g/mol. The number of allylic oxidation sites excluding steroid dienone is 1. The van der Waals surface area contributed by atoms with E-state index >= 15 is 0 Å². The van der Waals surface area contributed by atoms with Gasteiger partial charge in [0.2, 0.25) is 0 Å². The Hall–Kier alpha value is -2.06. The van der Waals surface area contributed by atoms with Crippen LogP contribution in [-0.4, -0.2) is 11.2 Å². The molecular formula is C32H46O2. The molecule has 2 nitrogen and oxygen atoms in total. The van der Waals surface area contributed by atoms with E-state index < -0.39 is 0 Å². The molecule has 4 atom stereocenters. The zero-order valence-corrected chi connectivity index (χ0v) is 21.9. The fourth-order valence-corrected chi connectivity index (χ4v) is 5.77. The van der Waals surface area contributed by atoms with Gasteiger partial charge in [-0.05, 0) is 71.6 Å². The van der Waals surface area contributed by atoms with Gasteiger partial charge in [-0.2, -0.15) is 0 Å². The normalized spacial score (nSPS) is 23.0. The van der Waals surface area contributed by atoms with Gasteiger partial charge in [-0.1, -0.05) is 102 Å². The first-order chi connectivity index (χ1) is 16.4. The summed E-state index contributed by atoms with van der Waals surface area (Å²) < 4.78 is 6.54. The molecule has 186 valence electrons. The standard InChI is InChI=1S/C32H46O2/c1-6-8-9-13-19-32(4,5)26-17-18-29(30-22-27(33)20-24(3)28(30)14-7-2)31(21-26)34-23-25-15-11-10-12-16-25/h7,10-12,15-18,21,24,27-28,30,33H,2,6,8-9,13-14,19-20,22-23H2,1,3-5H3/t24-,27-,28-,30-/m1/s1. The largest absolute Gasteiger partial charge is 0.489 e. The predicted octanol–water partition coefficient (Wildman–Crippen LogP) is 8.58. The number of unbranched alkanes of at least 4 members (excludes halogenated alkanes) is 3. The maximum atomic E-state index is 10.7. The number of aliphatic hydroxyl groups is 1. The molecule has 1 N–H and O–H groups in total. The van der Waals surface area contributed by atoms with Crippen LogP contribution in [0.3, 0.4) is 0 Å². The highest BCUT2D eigenvalue weighted by Gasteiger charge is 2.36. The number of hydrogen-bond acceptors (Lipinski definition) is 2. The number of hydrogen-bond donors (Lipinski definition) is 1. The number of aliphatic hydroxyl groups excluding tert-OH is 1. The molecule has 0 saturated heterocycles. The fourth-order valence-electron chi connectivity index (χ4n) is 5.77. The molecular weight excluding hydrogens is 416 g/mol. The van der Waals surface area contributed by atoms with Crippen molar-refractivity contribution in [2.75, 3.05) is 0 Å². The first-order valence-electron chi connectivity index (χ1n) is 13.5. The molecule has 1 fully saturated rings. The van der Waals surface area contributed by atoms with Gasteiger partial charge in [-0.15, -0.1) is 6.58 Å². The average Bonchev–Trinajstić information content (AvgIpc) is 2.82. The summed E-state index contributed by atoms with van der Waals surface area (Å²) in [6, 6.07) is 17.3. The van der Waals surface area contributed by atoms with Crippen LogP contribution in [0, 0.1) is 11.8 Å². The summed E-state index contributed by atoms with van der Waals surface area (Å²) in [7, 11) is 0. The van der Waals surface area contributed by atoms with Crippen LogP contribution in [0.1, 0.15) is 102 Å². The third-order valence-corrected chi connectivity index (χ3v) is 7.94. The van der Waals surface area contributed by atoms with Gasteiger partial charge >= 0.3 is 0 Å². The molecule has 34 heavy (non-hydrogen) atoms. The molecule has 2 heteroatoms. The van der Waals surface area contributed by atoms with Crippen LogP contribution >= 0.6 is 0 Å². The van der Waals surface area contributed by atoms with E-state index in [0.29, 0.717) is 18.4 Å². The van der Waals surface area contributed by atoms with E-state index in [2.05, 4.69) is 76.7 Å². The van der Waals surface area contributed by atoms with E-state index in [1.54, 1.807) is 0 Å². The Morgan fingerprint density at radius 1 is 1.06 bits per heavy atom. The van der Waals surface area contributed by atoms with Gasteiger partial charge in [0.05, 0.1) is 6.10 Å². The van der Waals surface area contributed by atoms with Crippen molar-refractivity contribution in [3.8, 4) is 5.75 Å². The van der Waals surface area contributed by atoms with Crippen LogP contribution in [0.15, 0.2) is 61.2 Å². The molecule has 2 aromatic rings. The van der Waals surface area contributed by atoms with Crippen LogP contribution in [0.5, 0.6) is 5.75 Å². The first kappa shape index (κ1) is 26.5. The predicted molar refractivity (Wildman–Crippen MR) is 144 cm³/mol. The number of rotatable bonds is 12. The van der Waals surface area contributed by atoms with Crippen LogP contribution in [-0.2, 0) is 12.0 Å². The van der Waals surface area contributed by atoms with E-state index in [9.17, 15) is 5.11 Å². The summed E-state index contributed by atoms with van der Waals surface area (Å²) >= 11 is 0. The molecule has 0 unspecified atom stereocenters. The van der Waals surface area contributed by atoms with E-state index in [1.807, 2.05) is 12.1 Å². The zero-order valence-electron chi connectivity index (χ0n) is 21.9. The zero-order chi connectivity index (χ0) is 24.6. The SMILES string of the molecule is C=CC[C@@H]1[C@H](C)C[C@@H](O)C[C@H]1c1ccc(C(C)(C)CCCCCC)cc1OCc1ccccc1. The summed E-state index contributed by atoms with van der Waals surface area (Å²) in [6.07, 6.45) is 10.8. The lowest BCUT2D eigenvalue weighted by Crippen LogP contribution is -2.32. The van der Waals surface area contributed by atoms with Crippen molar-refractivity contribution in [1.29, 1.82) is 0 Å². The second-order valence-corrected chi connectivity index (χ2v) is 11.1. The van der Waals surface area contributed by atoms with Gasteiger partial charge in [0.1, 0.15) is 12.4 Å². The van der Waals surface area contributed by atoms with Gasteiger partial charge in [-0.25, -0.2) is 0 Å². The second-order valence-electron chi connectivity index (χ2n) is 11.1. The van der Waals surface area contributed by atoms with E-state index in [-0.39, 0.29) is 17.4 Å². The lowest BCUT2D eigenvalue weighted by molar-refractivity contribution is 0.0592. The molecule has 1 aliphatic carbocycles. The Balaban J connectivity index is 1.92. The number of benzene rings is 2. The Labute approximate surface area is 208 Å². The summed E-state index contributed by atoms with van der Waals surface area (Å²) in [5.41, 5.74) is 3.88. The highest BCUT2D eigenvalue weighted by atomic mass is 16.5. The molecule has 0 amide bonds. The molecule has 0 bridgehead atoms. The van der Waals surface area contributed by atoms with E-state index in [4.69, 9.17) is 4.74 Å². The van der Waals surface area contributed by atoms with Crippen molar-refractivity contribution >= 4 is 0 Å². The van der Waals surface area contributed by atoms with Crippen molar-refractivity contribution < 1.29 is 9.84 Å². The third kappa shape index (κ3) is 6.98. The minimum absolute atomic E-state index is 0.108. The minimum atomic E-state index is -0.252. The molecule has 0 aromatic heterocycles. The molecule has 2 aromatic carbocycles. The van der Waals surface area contributed by atoms with Crippen LogP contribution < -0.4 is 4.74 Å². The topological polar surface area (TPSA) is 29.5 Å². The van der Waals surface area contributed by atoms with Crippen LogP contribution in [0.25, 0.3) is 0 Å². The van der Waals surface area contributed by atoms with Gasteiger partial charge in [0, 0.05) is 0 Å². The van der Waals surface area contributed by atoms with Gasteiger partial charge < -0.3 is 9.84 Å². The van der Waals surface area contributed by atoms with Crippen LogP contribution in [0.4, 0.5) is 0 Å². The Morgan fingerprint density at radius 3 is 2.53 bits per heavy atom. The quantitative estimate of drug-likeness (QED) is 0.253. The van der Waals surface area contributed by atoms with E-state index in [1.165, 1.54) is 48.8 Å². The smallest absolute Gasteiger partial charge is 0.123 e. The summed E-state index contributed by atoms with van der Waals surface area (Å²) in [6.45, 7) is 13.9. The summed E-state index contributed by atoms with van der Waals surface area (Å²) in [5.74, 6) is 2.21. The highest BCUT2D eigenvalue weighted by Crippen LogP contribution is 2.47. The van der Waals surface area contributed by atoms with Gasteiger partial charge in [0.15, 0.2) is 0 Å².